The van der Waals surface area contributed by atoms with Gasteiger partial charge in [-0.3, -0.25) is 0 Å². The maximum Gasteiger partial charge on any atom is 0.258 e. The molecule has 0 spiro atoms. The van der Waals surface area contributed by atoms with Crippen LogP contribution in [0.1, 0.15) is 5.56 Å². The molecule has 0 bridgehead atoms. The lowest BCUT2D eigenvalue weighted by atomic mass is 10.1. The summed E-state index contributed by atoms with van der Waals surface area (Å²) in [6, 6.07) is 13.2. The first-order valence-electron chi connectivity index (χ1n) is 6.26. The lowest BCUT2D eigenvalue weighted by Crippen LogP contribution is -1.95. The van der Waals surface area contributed by atoms with E-state index in [0.717, 1.165) is 21.2 Å². The lowest BCUT2D eigenvalue weighted by molar-refractivity contribution is 0.432. The zero-order valence-corrected chi connectivity index (χ0v) is 13.2. The fourth-order valence-electron chi connectivity index (χ4n) is 1.88. The van der Waals surface area contributed by atoms with Gasteiger partial charge in [0.25, 0.3) is 5.89 Å². The van der Waals surface area contributed by atoms with E-state index in [1.807, 2.05) is 36.4 Å². The zero-order valence-electron chi connectivity index (χ0n) is 10.9. The fraction of sp³-hybridized carbons (Fsp3) is 0.0667. The first-order valence-corrected chi connectivity index (χ1v) is 7.43. The smallest absolute Gasteiger partial charge is 0.258 e. The van der Waals surface area contributed by atoms with Gasteiger partial charge >= 0.3 is 0 Å². The summed E-state index contributed by atoms with van der Waals surface area (Å²) in [6.07, 6.45) is 0. The van der Waals surface area contributed by atoms with Crippen molar-refractivity contribution in [1.82, 2.24) is 10.1 Å². The molecule has 0 aliphatic heterocycles. The summed E-state index contributed by atoms with van der Waals surface area (Å²) in [4.78, 5) is 4.40. The molecule has 1 heterocycles. The van der Waals surface area contributed by atoms with Crippen LogP contribution in [0.15, 0.2) is 51.5 Å². The van der Waals surface area contributed by atoms with Crippen molar-refractivity contribution in [3.63, 3.8) is 0 Å². The second-order valence-corrected chi connectivity index (χ2v) is 5.71. The highest BCUT2D eigenvalue weighted by atomic mass is 79.9. The topological polar surface area (TPSA) is 64.9 Å². The highest BCUT2D eigenvalue weighted by Crippen LogP contribution is 2.28. The molecule has 3 aromatic rings. The van der Waals surface area contributed by atoms with Crippen LogP contribution in [0.4, 0.5) is 0 Å². The van der Waals surface area contributed by atoms with Crippen LogP contribution >= 0.6 is 27.5 Å². The number of hydrogen-bond acceptors (Lipinski definition) is 4. The second-order valence-electron chi connectivity index (χ2n) is 4.45. The molecule has 1 aromatic heterocycles. The third-order valence-electron chi connectivity index (χ3n) is 3.04. The molecule has 106 valence electrons. The largest absolute Gasteiger partial charge is 0.334 e. The Morgan fingerprint density at radius 2 is 1.81 bits per heavy atom. The van der Waals surface area contributed by atoms with Crippen LogP contribution in [0.3, 0.4) is 0 Å². The number of rotatable bonds is 3. The summed E-state index contributed by atoms with van der Waals surface area (Å²) in [7, 11) is 0. The van der Waals surface area contributed by atoms with E-state index in [0.29, 0.717) is 23.3 Å². The zero-order chi connectivity index (χ0) is 14.8. The van der Waals surface area contributed by atoms with Gasteiger partial charge in [0.1, 0.15) is 0 Å². The van der Waals surface area contributed by atoms with Gasteiger partial charge in [0.05, 0.1) is 5.02 Å². The molecule has 3 rings (SSSR count). The minimum atomic E-state index is 0.472. The molecule has 0 unspecified atom stereocenters. The summed E-state index contributed by atoms with van der Waals surface area (Å²) in [5, 5.41) is 4.64. The van der Waals surface area contributed by atoms with Gasteiger partial charge < -0.3 is 10.3 Å². The molecule has 0 radical (unpaired) electrons. The molecule has 0 saturated heterocycles. The Balaban J connectivity index is 1.93. The number of aromatic nitrogens is 2. The molecule has 0 aliphatic carbocycles. The Hall–Kier alpha value is -1.69. The van der Waals surface area contributed by atoms with Gasteiger partial charge in [-0.2, -0.15) is 4.98 Å². The minimum absolute atomic E-state index is 0.472. The maximum atomic E-state index is 5.98. The van der Waals surface area contributed by atoms with Gasteiger partial charge in [0.15, 0.2) is 0 Å². The first-order chi connectivity index (χ1) is 10.2. The molecule has 0 aliphatic rings. The van der Waals surface area contributed by atoms with Gasteiger partial charge in [-0.1, -0.05) is 28.9 Å². The first kappa shape index (κ1) is 14.3. The Kier molecular flexibility index (Phi) is 4.05. The van der Waals surface area contributed by atoms with Crippen molar-refractivity contribution >= 4 is 27.5 Å². The van der Waals surface area contributed by atoms with Crippen LogP contribution in [0.25, 0.3) is 22.8 Å². The van der Waals surface area contributed by atoms with Crippen molar-refractivity contribution in [3.8, 4) is 22.8 Å². The Labute approximate surface area is 135 Å². The highest BCUT2D eigenvalue weighted by molar-refractivity contribution is 9.10. The van der Waals surface area contributed by atoms with E-state index >= 15 is 0 Å². The van der Waals surface area contributed by atoms with E-state index in [-0.39, 0.29) is 0 Å². The molecular formula is C15H11BrClN3O. The van der Waals surface area contributed by atoms with Crippen molar-refractivity contribution in [1.29, 1.82) is 0 Å². The molecule has 4 nitrogen and oxygen atoms in total. The van der Waals surface area contributed by atoms with Crippen LogP contribution < -0.4 is 5.73 Å². The lowest BCUT2D eigenvalue weighted by Gasteiger charge is -1.98. The van der Waals surface area contributed by atoms with Crippen molar-refractivity contribution in [2.24, 2.45) is 5.73 Å². The van der Waals surface area contributed by atoms with Crippen LogP contribution in [0.5, 0.6) is 0 Å². The summed E-state index contributed by atoms with van der Waals surface area (Å²) in [6.45, 7) is 0.508. The Morgan fingerprint density at radius 1 is 1.10 bits per heavy atom. The predicted molar refractivity (Wildman–Crippen MR) is 85.8 cm³/mol. The van der Waals surface area contributed by atoms with Gasteiger partial charge in [0.2, 0.25) is 5.82 Å². The van der Waals surface area contributed by atoms with Gasteiger partial charge in [-0.05, 0) is 51.8 Å². The van der Waals surface area contributed by atoms with E-state index in [2.05, 4.69) is 26.1 Å². The SMILES string of the molecule is NCc1ccc(-c2nc(-c3ccc(Cl)c(Br)c3)no2)cc1. The van der Waals surface area contributed by atoms with E-state index < -0.39 is 0 Å². The molecule has 0 atom stereocenters. The summed E-state index contributed by atoms with van der Waals surface area (Å²) in [5.74, 6) is 0.991. The predicted octanol–water partition coefficient (Wildman–Crippen LogP) is 4.28. The average molecular weight is 365 g/mol. The molecule has 0 fully saturated rings. The van der Waals surface area contributed by atoms with E-state index in [1.54, 1.807) is 6.07 Å². The second kappa shape index (κ2) is 5.97. The van der Waals surface area contributed by atoms with Crippen molar-refractivity contribution in [2.45, 2.75) is 6.54 Å². The van der Waals surface area contributed by atoms with Crippen molar-refractivity contribution in [2.75, 3.05) is 0 Å². The average Bonchev–Trinajstić information content (AvgIpc) is 3.00. The summed E-state index contributed by atoms with van der Waals surface area (Å²) in [5.41, 5.74) is 8.33. The third kappa shape index (κ3) is 3.00. The number of nitrogens with zero attached hydrogens (tertiary/aromatic N) is 2. The summed E-state index contributed by atoms with van der Waals surface area (Å²) < 4.78 is 6.10. The number of hydrogen-bond donors (Lipinski definition) is 1. The van der Waals surface area contributed by atoms with Crippen molar-refractivity contribution < 1.29 is 4.52 Å². The fourth-order valence-corrected chi connectivity index (χ4v) is 2.37. The summed E-state index contributed by atoms with van der Waals surface area (Å²) >= 11 is 9.36. The molecule has 0 saturated carbocycles. The minimum Gasteiger partial charge on any atom is -0.334 e. The molecule has 2 N–H and O–H groups in total. The van der Waals surface area contributed by atoms with Crippen LogP contribution in [0, 0.1) is 0 Å². The quantitative estimate of drug-likeness (QED) is 0.753. The van der Waals surface area contributed by atoms with Gasteiger partial charge in [0, 0.05) is 22.1 Å². The van der Waals surface area contributed by atoms with Gasteiger partial charge in [-0.15, -0.1) is 0 Å². The monoisotopic (exact) mass is 363 g/mol. The molecule has 21 heavy (non-hydrogen) atoms. The molecule has 0 amide bonds. The number of nitrogens with two attached hydrogens (primary N) is 1. The maximum absolute atomic E-state index is 5.98. The van der Waals surface area contributed by atoms with Crippen LogP contribution in [-0.2, 0) is 6.54 Å². The molecule has 2 aromatic carbocycles. The molecular weight excluding hydrogens is 354 g/mol. The number of halogens is 2. The Bertz CT molecular complexity index is 771. The van der Waals surface area contributed by atoms with Crippen molar-refractivity contribution in [3.05, 3.63) is 57.5 Å². The van der Waals surface area contributed by atoms with E-state index in [9.17, 15) is 0 Å². The third-order valence-corrected chi connectivity index (χ3v) is 4.25. The van der Waals surface area contributed by atoms with Gasteiger partial charge in [-0.25, -0.2) is 0 Å². The van der Waals surface area contributed by atoms with E-state index in [4.69, 9.17) is 21.9 Å². The van der Waals surface area contributed by atoms with E-state index in [1.165, 1.54) is 0 Å². The van der Waals surface area contributed by atoms with Crippen LogP contribution in [0.2, 0.25) is 5.02 Å². The molecule has 6 heteroatoms. The Morgan fingerprint density at radius 3 is 2.48 bits per heavy atom. The normalized spacial score (nSPS) is 10.8. The highest BCUT2D eigenvalue weighted by Gasteiger charge is 2.11. The number of benzene rings is 2. The standard InChI is InChI=1S/C15H11BrClN3O/c16-12-7-11(5-6-13(12)17)14-19-15(21-20-14)10-3-1-9(8-18)2-4-10/h1-7H,8,18H2. The van der Waals surface area contributed by atoms with Crippen LogP contribution in [-0.4, -0.2) is 10.1 Å².